The molecule has 0 aliphatic rings. The van der Waals surface area contributed by atoms with Gasteiger partial charge in [0.2, 0.25) is 5.78 Å². The highest BCUT2D eigenvalue weighted by Crippen LogP contribution is 2.19. The molecule has 1 atom stereocenters. The summed E-state index contributed by atoms with van der Waals surface area (Å²) in [5, 5.41) is 11.1. The van der Waals surface area contributed by atoms with Crippen molar-refractivity contribution in [1.29, 1.82) is 0 Å². The molecule has 1 aromatic heterocycles. The lowest BCUT2D eigenvalue weighted by atomic mass is 9.98. The molecule has 5 heteroatoms. The van der Waals surface area contributed by atoms with Crippen molar-refractivity contribution in [3.05, 3.63) is 52.0 Å². The zero-order valence-corrected chi connectivity index (χ0v) is 10.5. The fourth-order valence-corrected chi connectivity index (χ4v) is 2.15. The molecule has 4 nitrogen and oxygen atoms in total. The number of rotatable bonds is 4. The lowest BCUT2D eigenvalue weighted by Gasteiger charge is -2.07. The molecule has 92 valence electrons. The maximum Gasteiger partial charge on any atom is 0.310 e. The Bertz CT molecular complexity index is 578. The van der Waals surface area contributed by atoms with Gasteiger partial charge in [-0.3, -0.25) is 9.59 Å². The molecular formula is C13H11NO3S. The number of hydrogen-bond acceptors (Lipinski definition) is 4. The first-order valence-electron chi connectivity index (χ1n) is 5.36. The maximum absolute atomic E-state index is 12.1. The molecule has 1 aromatic carbocycles. The van der Waals surface area contributed by atoms with Crippen molar-refractivity contribution in [2.24, 2.45) is 0 Å². The summed E-state index contributed by atoms with van der Waals surface area (Å²) in [5.41, 5.74) is 1.08. The summed E-state index contributed by atoms with van der Waals surface area (Å²) in [5.74, 6) is -1.72. The number of thiazole rings is 1. The predicted molar refractivity (Wildman–Crippen MR) is 68.0 cm³/mol. The van der Waals surface area contributed by atoms with Crippen LogP contribution in [0.3, 0.4) is 0 Å². The fraction of sp³-hybridized carbons (Fsp3) is 0.154. The van der Waals surface area contributed by atoms with Gasteiger partial charge in [0.1, 0.15) is 0 Å². The van der Waals surface area contributed by atoms with Gasteiger partial charge in [0, 0.05) is 17.1 Å². The Hall–Kier alpha value is -2.01. The van der Waals surface area contributed by atoms with E-state index in [1.165, 1.54) is 11.3 Å². The standard InChI is InChI=1S/C13H11NO3S/c1-8(13(16)17)9-3-2-4-10(7-9)11(15)12-14-5-6-18-12/h2-8H,1H3,(H,16,17)/t8-/m1/s1. The van der Waals surface area contributed by atoms with E-state index < -0.39 is 11.9 Å². The Balaban J connectivity index is 2.33. The van der Waals surface area contributed by atoms with Crippen molar-refractivity contribution in [1.82, 2.24) is 4.98 Å². The number of benzene rings is 1. The number of carboxylic acids is 1. The molecular weight excluding hydrogens is 250 g/mol. The van der Waals surface area contributed by atoms with Gasteiger partial charge < -0.3 is 5.11 Å². The van der Waals surface area contributed by atoms with Crippen molar-refractivity contribution in [3.63, 3.8) is 0 Å². The molecule has 0 aliphatic carbocycles. The van der Waals surface area contributed by atoms with Crippen LogP contribution in [0.15, 0.2) is 35.8 Å². The first kappa shape index (κ1) is 12.4. The van der Waals surface area contributed by atoms with E-state index in [0.29, 0.717) is 16.1 Å². The van der Waals surface area contributed by atoms with E-state index in [1.54, 1.807) is 42.8 Å². The molecule has 18 heavy (non-hydrogen) atoms. The molecule has 1 heterocycles. The second-order valence-corrected chi connectivity index (χ2v) is 4.75. The average Bonchev–Trinajstić information content (AvgIpc) is 2.91. The molecule has 0 amide bonds. The monoisotopic (exact) mass is 261 g/mol. The van der Waals surface area contributed by atoms with Gasteiger partial charge in [-0.1, -0.05) is 18.2 Å². The highest BCUT2D eigenvalue weighted by molar-refractivity contribution is 7.11. The third kappa shape index (κ3) is 2.46. The Labute approximate surface area is 108 Å². The molecule has 0 spiro atoms. The number of aliphatic carboxylic acids is 1. The number of hydrogen-bond donors (Lipinski definition) is 1. The summed E-state index contributed by atoms with van der Waals surface area (Å²) in [6.07, 6.45) is 1.57. The molecule has 2 aromatic rings. The molecule has 0 fully saturated rings. The molecule has 1 N–H and O–H groups in total. The van der Waals surface area contributed by atoms with Crippen LogP contribution in [0.1, 0.15) is 33.8 Å². The van der Waals surface area contributed by atoms with Crippen LogP contribution in [-0.4, -0.2) is 21.8 Å². The summed E-state index contributed by atoms with van der Waals surface area (Å²) in [6, 6.07) is 6.68. The zero-order valence-electron chi connectivity index (χ0n) is 9.66. The summed E-state index contributed by atoms with van der Waals surface area (Å²) in [4.78, 5) is 26.9. The minimum atomic E-state index is -0.908. The van der Waals surface area contributed by atoms with Gasteiger partial charge in [-0.2, -0.15) is 0 Å². The SMILES string of the molecule is C[C@@H](C(=O)O)c1cccc(C(=O)c2nccs2)c1. The van der Waals surface area contributed by atoms with Crippen LogP contribution >= 0.6 is 11.3 Å². The van der Waals surface area contributed by atoms with E-state index in [9.17, 15) is 9.59 Å². The summed E-state index contributed by atoms with van der Waals surface area (Å²) in [6.45, 7) is 1.59. The smallest absolute Gasteiger partial charge is 0.310 e. The maximum atomic E-state index is 12.1. The molecule has 0 saturated carbocycles. The average molecular weight is 261 g/mol. The van der Waals surface area contributed by atoms with Crippen molar-refractivity contribution >= 4 is 23.1 Å². The van der Waals surface area contributed by atoms with Crippen LogP contribution in [0.25, 0.3) is 0 Å². The van der Waals surface area contributed by atoms with E-state index in [2.05, 4.69) is 4.98 Å². The van der Waals surface area contributed by atoms with Crippen molar-refractivity contribution in [2.45, 2.75) is 12.8 Å². The summed E-state index contributed by atoms with van der Waals surface area (Å²) in [7, 11) is 0. The zero-order chi connectivity index (χ0) is 13.1. The van der Waals surface area contributed by atoms with Gasteiger partial charge in [-0.25, -0.2) is 4.98 Å². The van der Waals surface area contributed by atoms with Crippen LogP contribution in [0.4, 0.5) is 0 Å². The third-order valence-corrected chi connectivity index (χ3v) is 3.42. The lowest BCUT2D eigenvalue weighted by Crippen LogP contribution is -2.09. The van der Waals surface area contributed by atoms with Crippen LogP contribution in [0.2, 0.25) is 0 Å². The first-order chi connectivity index (χ1) is 8.59. The van der Waals surface area contributed by atoms with Crippen LogP contribution < -0.4 is 0 Å². The van der Waals surface area contributed by atoms with Crippen LogP contribution in [-0.2, 0) is 4.79 Å². The van der Waals surface area contributed by atoms with Gasteiger partial charge in [0.15, 0.2) is 5.01 Å². The van der Waals surface area contributed by atoms with Crippen molar-refractivity contribution in [3.8, 4) is 0 Å². The first-order valence-corrected chi connectivity index (χ1v) is 6.24. The Kier molecular flexibility index (Phi) is 3.53. The second kappa shape index (κ2) is 5.10. The van der Waals surface area contributed by atoms with Crippen LogP contribution in [0.5, 0.6) is 0 Å². The number of aromatic nitrogens is 1. The van der Waals surface area contributed by atoms with Crippen molar-refractivity contribution < 1.29 is 14.7 Å². The molecule has 0 aliphatic heterocycles. The van der Waals surface area contributed by atoms with Crippen molar-refractivity contribution in [2.75, 3.05) is 0 Å². The Morgan fingerprint density at radius 3 is 2.78 bits per heavy atom. The van der Waals surface area contributed by atoms with E-state index in [0.717, 1.165) is 0 Å². The quantitative estimate of drug-likeness (QED) is 0.859. The second-order valence-electron chi connectivity index (χ2n) is 3.85. The lowest BCUT2D eigenvalue weighted by molar-refractivity contribution is -0.138. The minimum absolute atomic E-state index is 0.176. The molecule has 0 bridgehead atoms. The molecule has 0 unspecified atom stereocenters. The largest absolute Gasteiger partial charge is 0.481 e. The van der Waals surface area contributed by atoms with Gasteiger partial charge >= 0.3 is 5.97 Å². The topological polar surface area (TPSA) is 67.3 Å². The minimum Gasteiger partial charge on any atom is -0.481 e. The van der Waals surface area contributed by atoms with Gasteiger partial charge in [0.25, 0.3) is 0 Å². The molecule has 2 rings (SSSR count). The Morgan fingerprint density at radius 1 is 1.39 bits per heavy atom. The number of carbonyl (C=O) groups excluding carboxylic acids is 1. The molecule has 0 radical (unpaired) electrons. The van der Waals surface area contributed by atoms with Gasteiger partial charge in [0.05, 0.1) is 5.92 Å². The van der Waals surface area contributed by atoms with E-state index in [-0.39, 0.29) is 5.78 Å². The Morgan fingerprint density at radius 2 is 2.17 bits per heavy atom. The van der Waals surface area contributed by atoms with Gasteiger partial charge in [-0.05, 0) is 18.6 Å². The van der Waals surface area contributed by atoms with E-state index in [4.69, 9.17) is 5.11 Å². The highest BCUT2D eigenvalue weighted by Gasteiger charge is 2.17. The van der Waals surface area contributed by atoms with Gasteiger partial charge in [-0.15, -0.1) is 11.3 Å². The molecule has 0 saturated heterocycles. The number of carbonyl (C=O) groups is 2. The summed E-state index contributed by atoms with van der Waals surface area (Å²) < 4.78 is 0. The normalized spacial score (nSPS) is 12.1. The summed E-state index contributed by atoms with van der Waals surface area (Å²) >= 11 is 1.27. The highest BCUT2D eigenvalue weighted by atomic mass is 32.1. The number of nitrogens with zero attached hydrogens (tertiary/aromatic N) is 1. The fourth-order valence-electron chi connectivity index (χ4n) is 1.55. The van der Waals surface area contributed by atoms with Crippen LogP contribution in [0, 0.1) is 0 Å². The van der Waals surface area contributed by atoms with E-state index >= 15 is 0 Å². The third-order valence-electron chi connectivity index (χ3n) is 2.65. The number of carboxylic acid groups (broad SMARTS) is 1. The van der Waals surface area contributed by atoms with E-state index in [1.807, 2.05) is 0 Å². The number of ketones is 1. The predicted octanol–water partition coefficient (Wildman–Crippen LogP) is 2.56.